The second-order valence-corrected chi connectivity index (χ2v) is 4.34. The summed E-state index contributed by atoms with van der Waals surface area (Å²) in [6.07, 6.45) is -4.32. The molecule has 8 heteroatoms. The van der Waals surface area contributed by atoms with E-state index in [2.05, 4.69) is 10.1 Å². The van der Waals surface area contributed by atoms with E-state index < -0.39 is 18.8 Å². The molecule has 1 aromatic heterocycles. The van der Waals surface area contributed by atoms with Gasteiger partial charge in [-0.1, -0.05) is 0 Å². The van der Waals surface area contributed by atoms with E-state index in [0.29, 0.717) is 12.1 Å². The van der Waals surface area contributed by atoms with Crippen LogP contribution in [0.2, 0.25) is 0 Å². The fourth-order valence-corrected chi connectivity index (χ4v) is 1.98. The second-order valence-electron chi connectivity index (χ2n) is 3.42. The van der Waals surface area contributed by atoms with Gasteiger partial charge >= 0.3 is 12.1 Å². The van der Waals surface area contributed by atoms with Crippen LogP contribution in [0.4, 0.5) is 13.2 Å². The second kappa shape index (κ2) is 6.72. The zero-order valence-electron chi connectivity index (χ0n) is 9.29. The average molecular weight is 283 g/mol. The number of aromatic carboxylic acids is 1. The van der Waals surface area contributed by atoms with E-state index in [0.717, 1.165) is 11.3 Å². The topological polar surface area (TPSA) is 58.6 Å². The normalized spacial score (nSPS) is 11.7. The molecule has 0 aliphatic heterocycles. The first-order valence-corrected chi connectivity index (χ1v) is 5.93. The Bertz CT molecular complexity index is 392. The molecule has 0 unspecified atom stereocenters. The number of nitrogens with one attached hydrogen (secondary N) is 1. The number of ether oxygens (including phenoxy) is 1. The Morgan fingerprint density at radius 3 is 2.83 bits per heavy atom. The van der Waals surface area contributed by atoms with Gasteiger partial charge in [-0.2, -0.15) is 13.2 Å². The summed E-state index contributed by atoms with van der Waals surface area (Å²) in [5.41, 5.74) is 0.614. The zero-order valence-corrected chi connectivity index (χ0v) is 10.1. The van der Waals surface area contributed by atoms with Crippen molar-refractivity contribution in [3.63, 3.8) is 0 Å². The number of alkyl halides is 3. The highest BCUT2D eigenvalue weighted by atomic mass is 32.1. The average Bonchev–Trinajstić information content (AvgIpc) is 2.69. The molecule has 1 aromatic rings. The first-order chi connectivity index (χ1) is 8.40. The predicted molar refractivity (Wildman–Crippen MR) is 59.9 cm³/mol. The van der Waals surface area contributed by atoms with Gasteiger partial charge in [0.25, 0.3) is 0 Å². The van der Waals surface area contributed by atoms with Gasteiger partial charge in [0.2, 0.25) is 0 Å². The van der Waals surface area contributed by atoms with Gasteiger partial charge in [0, 0.05) is 13.1 Å². The number of thiophene rings is 1. The van der Waals surface area contributed by atoms with Crippen LogP contribution >= 0.6 is 11.3 Å². The maximum atomic E-state index is 11.7. The molecule has 0 aliphatic carbocycles. The molecule has 1 heterocycles. The van der Waals surface area contributed by atoms with Crippen LogP contribution in [-0.4, -0.2) is 37.0 Å². The van der Waals surface area contributed by atoms with Gasteiger partial charge < -0.3 is 15.2 Å². The minimum Gasteiger partial charge on any atom is -0.477 e. The molecule has 102 valence electrons. The van der Waals surface area contributed by atoms with Gasteiger partial charge in [-0.25, -0.2) is 4.79 Å². The molecule has 1 rings (SSSR count). The van der Waals surface area contributed by atoms with Crippen molar-refractivity contribution in [3.8, 4) is 0 Å². The molecular formula is C10H12F3NO3S. The summed E-state index contributed by atoms with van der Waals surface area (Å²) >= 11 is 1.11. The van der Waals surface area contributed by atoms with Crippen LogP contribution in [-0.2, 0) is 11.3 Å². The Labute approximate surface area is 105 Å². The van der Waals surface area contributed by atoms with Crippen molar-refractivity contribution in [2.75, 3.05) is 19.8 Å². The third-order valence-electron chi connectivity index (χ3n) is 1.95. The molecule has 4 nitrogen and oxygen atoms in total. The molecule has 0 spiro atoms. The summed E-state index contributed by atoms with van der Waals surface area (Å²) in [6.45, 7) is -0.828. The lowest BCUT2D eigenvalue weighted by atomic mass is 10.2. The Morgan fingerprint density at radius 1 is 1.50 bits per heavy atom. The number of carbonyl (C=O) groups is 1. The van der Waals surface area contributed by atoms with Gasteiger partial charge in [0.1, 0.15) is 11.5 Å². The van der Waals surface area contributed by atoms with E-state index in [-0.39, 0.29) is 18.0 Å². The van der Waals surface area contributed by atoms with E-state index >= 15 is 0 Å². The largest absolute Gasteiger partial charge is 0.477 e. The van der Waals surface area contributed by atoms with Crippen LogP contribution in [0.25, 0.3) is 0 Å². The molecule has 0 atom stereocenters. The summed E-state index contributed by atoms with van der Waals surface area (Å²) in [6, 6.07) is 1.66. The number of carboxylic acid groups (broad SMARTS) is 1. The van der Waals surface area contributed by atoms with Crippen LogP contribution in [0.5, 0.6) is 0 Å². The molecule has 0 fully saturated rings. The monoisotopic (exact) mass is 283 g/mol. The van der Waals surface area contributed by atoms with Crippen molar-refractivity contribution in [2.45, 2.75) is 12.7 Å². The maximum absolute atomic E-state index is 11.7. The first-order valence-electron chi connectivity index (χ1n) is 5.05. The first kappa shape index (κ1) is 14.9. The van der Waals surface area contributed by atoms with E-state index in [1.165, 1.54) is 0 Å². The summed E-state index contributed by atoms with van der Waals surface area (Å²) in [7, 11) is 0. The zero-order chi connectivity index (χ0) is 13.6. The SMILES string of the molecule is O=C(O)c1sccc1CNCCOCC(F)(F)F. The van der Waals surface area contributed by atoms with Crippen LogP contribution < -0.4 is 5.32 Å². The lowest BCUT2D eigenvalue weighted by molar-refractivity contribution is -0.173. The van der Waals surface area contributed by atoms with E-state index in [1.807, 2.05) is 0 Å². The number of halogens is 3. The minimum atomic E-state index is -4.32. The Hall–Kier alpha value is -1.12. The lowest BCUT2D eigenvalue weighted by Crippen LogP contribution is -2.24. The molecule has 0 aliphatic rings. The summed E-state index contributed by atoms with van der Waals surface area (Å²) in [5, 5.41) is 13.3. The highest BCUT2D eigenvalue weighted by molar-refractivity contribution is 7.12. The Morgan fingerprint density at radius 2 is 2.22 bits per heavy atom. The van der Waals surface area contributed by atoms with Crippen LogP contribution in [0.3, 0.4) is 0 Å². The maximum Gasteiger partial charge on any atom is 0.411 e. The third kappa shape index (κ3) is 5.48. The Kier molecular flexibility index (Phi) is 5.57. The number of hydrogen-bond acceptors (Lipinski definition) is 4. The molecule has 0 bridgehead atoms. The standard InChI is InChI=1S/C10H12F3NO3S/c11-10(12,13)6-17-3-2-14-5-7-1-4-18-8(7)9(15)16/h1,4,14H,2-3,5-6H2,(H,15,16). The van der Waals surface area contributed by atoms with Gasteiger partial charge in [-0.3, -0.25) is 0 Å². The Balaban J connectivity index is 2.18. The fraction of sp³-hybridized carbons (Fsp3) is 0.500. The highest BCUT2D eigenvalue weighted by Crippen LogP contribution is 2.16. The van der Waals surface area contributed by atoms with Gasteiger partial charge in [-0.15, -0.1) is 11.3 Å². The predicted octanol–water partition coefficient (Wildman–Crippen LogP) is 2.11. The highest BCUT2D eigenvalue weighted by Gasteiger charge is 2.27. The molecule has 0 saturated carbocycles. The van der Waals surface area contributed by atoms with E-state index in [1.54, 1.807) is 11.4 Å². The summed E-state index contributed by atoms with van der Waals surface area (Å²) < 4.78 is 39.6. The number of hydrogen-bond donors (Lipinski definition) is 2. The van der Waals surface area contributed by atoms with Gasteiger partial charge in [-0.05, 0) is 17.0 Å². The number of carboxylic acids is 1. The minimum absolute atomic E-state index is 0.0773. The van der Waals surface area contributed by atoms with Gasteiger partial charge in [0.15, 0.2) is 0 Å². The lowest BCUT2D eigenvalue weighted by Gasteiger charge is -2.08. The summed E-state index contributed by atoms with van der Waals surface area (Å²) in [4.78, 5) is 11.0. The van der Waals surface area contributed by atoms with Crippen molar-refractivity contribution >= 4 is 17.3 Å². The van der Waals surface area contributed by atoms with E-state index in [9.17, 15) is 18.0 Å². The third-order valence-corrected chi connectivity index (χ3v) is 2.89. The molecule has 0 saturated heterocycles. The molecule has 0 amide bonds. The molecular weight excluding hydrogens is 271 g/mol. The van der Waals surface area contributed by atoms with Crippen molar-refractivity contribution < 1.29 is 27.8 Å². The van der Waals surface area contributed by atoms with Gasteiger partial charge in [0.05, 0.1) is 6.61 Å². The van der Waals surface area contributed by atoms with Crippen molar-refractivity contribution in [3.05, 3.63) is 21.9 Å². The summed E-state index contributed by atoms with van der Waals surface area (Å²) in [5.74, 6) is -1.00. The van der Waals surface area contributed by atoms with Crippen LogP contribution in [0.1, 0.15) is 15.2 Å². The molecule has 18 heavy (non-hydrogen) atoms. The molecule has 2 N–H and O–H groups in total. The van der Waals surface area contributed by atoms with Crippen LogP contribution in [0.15, 0.2) is 11.4 Å². The van der Waals surface area contributed by atoms with Crippen LogP contribution in [0, 0.1) is 0 Å². The quantitative estimate of drug-likeness (QED) is 0.753. The van der Waals surface area contributed by atoms with Crippen molar-refractivity contribution in [1.82, 2.24) is 5.32 Å². The molecule has 0 radical (unpaired) electrons. The number of rotatable bonds is 7. The molecule has 0 aromatic carbocycles. The fourth-order valence-electron chi connectivity index (χ4n) is 1.22. The van der Waals surface area contributed by atoms with Crippen molar-refractivity contribution in [2.24, 2.45) is 0 Å². The smallest absolute Gasteiger partial charge is 0.411 e. The van der Waals surface area contributed by atoms with E-state index in [4.69, 9.17) is 5.11 Å². The van der Waals surface area contributed by atoms with Crippen molar-refractivity contribution in [1.29, 1.82) is 0 Å².